The van der Waals surface area contributed by atoms with Crippen LogP contribution in [-0.2, 0) is 9.84 Å². The molecule has 2 aliphatic carbocycles. The molecule has 0 amide bonds. The zero-order valence-corrected chi connectivity index (χ0v) is 16.7. The molecule has 2 nitrogen and oxygen atoms in total. The lowest BCUT2D eigenvalue weighted by Crippen LogP contribution is -2.26. The highest BCUT2D eigenvalue weighted by molar-refractivity contribution is 9.10. The summed E-state index contributed by atoms with van der Waals surface area (Å²) in [5.74, 6) is 0. The van der Waals surface area contributed by atoms with Crippen LogP contribution >= 0.6 is 15.9 Å². The molecule has 4 heteroatoms. The summed E-state index contributed by atoms with van der Waals surface area (Å²) < 4.78 is 24.5. The van der Waals surface area contributed by atoms with Gasteiger partial charge < -0.3 is 0 Å². The maximum atomic E-state index is 11.7. The van der Waals surface area contributed by atoms with E-state index in [4.69, 9.17) is 0 Å². The molecule has 2 aliphatic rings. The first-order chi connectivity index (χ1) is 11.9. The number of benzene rings is 2. The van der Waals surface area contributed by atoms with E-state index in [0.29, 0.717) is 10.3 Å². The zero-order valence-electron chi connectivity index (χ0n) is 14.3. The number of hydrogen-bond acceptors (Lipinski definition) is 2. The molecule has 25 heavy (non-hydrogen) atoms. The van der Waals surface area contributed by atoms with E-state index in [9.17, 15) is 8.42 Å². The molecule has 0 saturated heterocycles. The third kappa shape index (κ3) is 3.22. The lowest BCUT2D eigenvalue weighted by Gasteiger charge is -2.39. The predicted molar refractivity (Wildman–Crippen MR) is 106 cm³/mol. The van der Waals surface area contributed by atoms with Crippen LogP contribution in [0.4, 0.5) is 0 Å². The third-order valence-electron chi connectivity index (χ3n) is 5.71. The van der Waals surface area contributed by atoms with Crippen molar-refractivity contribution >= 4 is 36.9 Å². The molecule has 0 aliphatic heterocycles. The highest BCUT2D eigenvalue weighted by Crippen LogP contribution is 2.59. The largest absolute Gasteiger partial charge is 0.224 e. The Morgan fingerprint density at radius 2 is 1.32 bits per heavy atom. The molecular weight excluding hydrogens is 396 g/mol. The monoisotopic (exact) mass is 416 g/mol. The Kier molecular flexibility index (Phi) is 4.16. The Morgan fingerprint density at radius 1 is 0.840 bits per heavy atom. The molecular formula is C21H21BrO2S. The van der Waals surface area contributed by atoms with Gasteiger partial charge in [-0.05, 0) is 77.6 Å². The van der Waals surface area contributed by atoms with Crippen LogP contribution in [0.2, 0.25) is 0 Å². The van der Waals surface area contributed by atoms with Crippen LogP contribution in [-0.4, -0.2) is 14.7 Å². The van der Waals surface area contributed by atoms with Crippen LogP contribution in [0.1, 0.15) is 43.2 Å². The minimum atomic E-state index is -3.15. The molecule has 0 atom stereocenters. The molecule has 0 unspecified atom stereocenters. The van der Waals surface area contributed by atoms with Crippen LogP contribution in [0, 0.1) is 5.41 Å². The van der Waals surface area contributed by atoms with E-state index >= 15 is 0 Å². The van der Waals surface area contributed by atoms with Gasteiger partial charge in [0.2, 0.25) is 0 Å². The highest BCUT2D eigenvalue weighted by Gasteiger charge is 2.43. The second kappa shape index (κ2) is 6.10. The van der Waals surface area contributed by atoms with Crippen molar-refractivity contribution < 1.29 is 8.42 Å². The number of allylic oxidation sites excluding steroid dienone is 2. The van der Waals surface area contributed by atoms with Gasteiger partial charge in [-0.1, -0.05) is 46.6 Å². The molecule has 0 bridgehead atoms. The van der Waals surface area contributed by atoms with Crippen molar-refractivity contribution in [2.75, 3.05) is 6.26 Å². The standard InChI is InChI=1S/C21H21BrO2S/c1-25(23,24)18-9-5-16(6-10-18)20-14-21(11-2-12-21)13-19(20)15-3-7-17(22)8-4-15/h3-10H,2,11-14H2,1H3. The predicted octanol–water partition coefficient (Wildman–Crippen LogP) is 5.73. The maximum Gasteiger partial charge on any atom is 0.175 e. The third-order valence-corrected chi connectivity index (χ3v) is 7.36. The van der Waals surface area contributed by atoms with Gasteiger partial charge in [-0.15, -0.1) is 0 Å². The summed E-state index contributed by atoms with van der Waals surface area (Å²) in [6.07, 6.45) is 7.44. The summed E-state index contributed by atoms with van der Waals surface area (Å²) in [5, 5.41) is 0. The lowest BCUT2D eigenvalue weighted by molar-refractivity contribution is 0.157. The molecule has 0 N–H and O–H groups in total. The first-order valence-corrected chi connectivity index (χ1v) is 11.3. The lowest BCUT2D eigenvalue weighted by atomic mass is 9.66. The van der Waals surface area contributed by atoms with E-state index in [-0.39, 0.29) is 0 Å². The van der Waals surface area contributed by atoms with Crippen molar-refractivity contribution in [3.05, 3.63) is 64.1 Å². The quantitative estimate of drug-likeness (QED) is 0.640. The fraction of sp³-hybridized carbons (Fsp3) is 0.333. The maximum absolute atomic E-state index is 11.7. The summed E-state index contributed by atoms with van der Waals surface area (Å²) in [6.45, 7) is 0. The van der Waals surface area contributed by atoms with E-state index in [1.165, 1.54) is 42.2 Å². The molecule has 1 fully saturated rings. The molecule has 0 radical (unpaired) electrons. The summed E-state index contributed by atoms with van der Waals surface area (Å²) in [4.78, 5) is 0.387. The molecule has 0 aromatic heterocycles. The van der Waals surface area contributed by atoms with Gasteiger partial charge in [-0.25, -0.2) is 8.42 Å². The minimum absolute atomic E-state index is 0.387. The Morgan fingerprint density at radius 3 is 1.72 bits per heavy atom. The Balaban J connectivity index is 1.77. The van der Waals surface area contributed by atoms with Crippen molar-refractivity contribution in [3.8, 4) is 0 Å². The Bertz CT molecular complexity index is 934. The van der Waals surface area contributed by atoms with Gasteiger partial charge in [0.05, 0.1) is 4.90 Å². The van der Waals surface area contributed by atoms with Crippen LogP contribution in [0.15, 0.2) is 57.9 Å². The summed E-state index contributed by atoms with van der Waals surface area (Å²) >= 11 is 3.51. The van der Waals surface area contributed by atoms with E-state index in [1.54, 1.807) is 12.1 Å². The van der Waals surface area contributed by atoms with Gasteiger partial charge in [-0.2, -0.15) is 0 Å². The number of hydrogen-bond donors (Lipinski definition) is 0. The van der Waals surface area contributed by atoms with Gasteiger partial charge in [0.25, 0.3) is 0 Å². The molecule has 0 heterocycles. The van der Waals surface area contributed by atoms with Crippen molar-refractivity contribution in [1.29, 1.82) is 0 Å². The number of rotatable bonds is 3. The first-order valence-electron chi connectivity index (χ1n) is 8.65. The molecule has 1 spiro atoms. The van der Waals surface area contributed by atoms with E-state index in [0.717, 1.165) is 22.9 Å². The minimum Gasteiger partial charge on any atom is -0.224 e. The average molecular weight is 417 g/mol. The second-order valence-electron chi connectivity index (χ2n) is 7.47. The van der Waals surface area contributed by atoms with Crippen LogP contribution in [0.25, 0.3) is 11.1 Å². The second-order valence-corrected chi connectivity index (χ2v) is 10.4. The van der Waals surface area contributed by atoms with Crippen molar-refractivity contribution in [1.82, 2.24) is 0 Å². The highest BCUT2D eigenvalue weighted by atomic mass is 79.9. The van der Waals surface area contributed by atoms with Crippen molar-refractivity contribution in [3.63, 3.8) is 0 Å². The topological polar surface area (TPSA) is 34.1 Å². The number of sulfone groups is 1. The van der Waals surface area contributed by atoms with E-state index in [1.807, 2.05) is 12.1 Å². The van der Waals surface area contributed by atoms with Gasteiger partial charge in [0, 0.05) is 10.7 Å². The first kappa shape index (κ1) is 17.0. The van der Waals surface area contributed by atoms with Crippen molar-refractivity contribution in [2.45, 2.75) is 37.0 Å². The molecule has 4 rings (SSSR count). The molecule has 130 valence electrons. The molecule has 1 saturated carbocycles. The fourth-order valence-electron chi connectivity index (χ4n) is 4.16. The molecule has 2 aromatic carbocycles. The van der Waals surface area contributed by atoms with Gasteiger partial charge in [0.1, 0.15) is 0 Å². The van der Waals surface area contributed by atoms with Crippen LogP contribution in [0.5, 0.6) is 0 Å². The SMILES string of the molecule is CS(=O)(=O)c1ccc(C2=C(c3ccc(Br)cc3)CC3(CCC3)C2)cc1. The Labute approximate surface area is 158 Å². The zero-order chi connectivity index (χ0) is 17.7. The smallest absolute Gasteiger partial charge is 0.175 e. The van der Waals surface area contributed by atoms with E-state index in [2.05, 4.69) is 40.2 Å². The van der Waals surface area contributed by atoms with Gasteiger partial charge >= 0.3 is 0 Å². The average Bonchev–Trinajstić information content (AvgIpc) is 2.96. The summed E-state index contributed by atoms with van der Waals surface area (Å²) in [6, 6.07) is 16.0. The van der Waals surface area contributed by atoms with Crippen LogP contribution < -0.4 is 0 Å². The fourth-order valence-corrected chi connectivity index (χ4v) is 5.06. The molecule has 2 aromatic rings. The Hall–Kier alpha value is -1.39. The van der Waals surface area contributed by atoms with Gasteiger partial charge in [-0.3, -0.25) is 0 Å². The van der Waals surface area contributed by atoms with E-state index < -0.39 is 9.84 Å². The normalized spacial score (nSPS) is 19.3. The number of halogens is 1. The van der Waals surface area contributed by atoms with Crippen LogP contribution in [0.3, 0.4) is 0 Å². The van der Waals surface area contributed by atoms with Gasteiger partial charge in [0.15, 0.2) is 9.84 Å². The van der Waals surface area contributed by atoms with Crippen molar-refractivity contribution in [2.24, 2.45) is 5.41 Å². The summed E-state index contributed by atoms with van der Waals surface area (Å²) in [5.41, 5.74) is 5.71. The summed E-state index contributed by atoms with van der Waals surface area (Å²) in [7, 11) is -3.15.